The van der Waals surface area contributed by atoms with Crippen LogP contribution in [0.3, 0.4) is 0 Å². The van der Waals surface area contributed by atoms with E-state index in [0.29, 0.717) is 50.8 Å². The second-order valence-electron chi connectivity index (χ2n) is 11.8. The number of aromatic nitrogens is 3. The van der Waals surface area contributed by atoms with E-state index >= 15 is 4.39 Å². The van der Waals surface area contributed by atoms with Crippen LogP contribution in [0.2, 0.25) is 0 Å². The van der Waals surface area contributed by atoms with Gasteiger partial charge in [0.05, 0.1) is 23.3 Å². The molecule has 10 heteroatoms. The molecule has 3 aromatic heterocycles. The zero-order valence-electron chi connectivity index (χ0n) is 24.9. The minimum atomic E-state index is -1.53. The Morgan fingerprint density at radius 3 is 2.44 bits per heavy atom. The minimum absolute atomic E-state index is 0.0277. The van der Waals surface area contributed by atoms with Crippen LogP contribution in [-0.4, -0.2) is 26.8 Å². The molecule has 0 bridgehead atoms. The average molecular weight is 590 g/mol. The fourth-order valence-corrected chi connectivity index (χ4v) is 5.48. The number of hydrogen-bond donors (Lipinski definition) is 2. The van der Waals surface area contributed by atoms with E-state index < -0.39 is 17.2 Å². The fraction of sp³-hybridized carbons (Fsp3) is 0.333. The van der Waals surface area contributed by atoms with Crippen molar-refractivity contribution >= 4 is 11.0 Å². The number of aliphatic hydroxyl groups is 1. The predicted octanol–water partition coefficient (Wildman–Crippen LogP) is 7.13. The molecule has 0 radical (unpaired) electrons. The number of imidazole rings is 1. The molecular formula is C33H33F2N3O5. The molecule has 1 aliphatic rings. The lowest BCUT2D eigenvalue weighted by molar-refractivity contribution is 0.0745. The van der Waals surface area contributed by atoms with Crippen molar-refractivity contribution < 1.29 is 27.8 Å². The third kappa shape index (κ3) is 5.25. The number of methoxy groups -OCH3 is 1. The van der Waals surface area contributed by atoms with Gasteiger partial charge in [-0.25, -0.2) is 13.8 Å². The highest BCUT2D eigenvalue weighted by molar-refractivity contribution is 5.95. The molecule has 2 N–H and O–H groups in total. The first-order valence-electron chi connectivity index (χ1n) is 14.1. The molecule has 224 valence electrons. The number of benzene rings is 2. The van der Waals surface area contributed by atoms with Gasteiger partial charge in [-0.3, -0.25) is 4.79 Å². The topological polar surface area (TPSA) is 103 Å². The van der Waals surface area contributed by atoms with Crippen LogP contribution in [0.4, 0.5) is 8.78 Å². The Morgan fingerprint density at radius 1 is 1.12 bits per heavy atom. The Labute approximate surface area is 246 Å². The molecule has 3 heterocycles. The molecule has 43 heavy (non-hydrogen) atoms. The molecule has 2 aromatic carbocycles. The van der Waals surface area contributed by atoms with Crippen LogP contribution < -0.4 is 10.3 Å². The van der Waals surface area contributed by atoms with Gasteiger partial charge in [-0.1, -0.05) is 0 Å². The van der Waals surface area contributed by atoms with E-state index in [4.69, 9.17) is 18.9 Å². The van der Waals surface area contributed by atoms with Gasteiger partial charge in [-0.05, 0) is 75.9 Å². The number of halogens is 2. The molecule has 5 aromatic rings. The Hall–Kier alpha value is -4.28. The van der Waals surface area contributed by atoms with E-state index in [2.05, 4.69) is 4.98 Å². The van der Waals surface area contributed by atoms with Gasteiger partial charge in [0.25, 0.3) is 5.56 Å². The number of H-pyrrole nitrogens is 1. The molecule has 0 atom stereocenters. The van der Waals surface area contributed by atoms with Gasteiger partial charge in [0, 0.05) is 49.0 Å². The lowest BCUT2D eigenvalue weighted by Gasteiger charge is -2.22. The van der Waals surface area contributed by atoms with E-state index in [0.717, 1.165) is 24.4 Å². The summed E-state index contributed by atoms with van der Waals surface area (Å²) < 4.78 is 49.0. The van der Waals surface area contributed by atoms with Gasteiger partial charge in [-0.2, -0.15) is 0 Å². The molecule has 1 aliphatic carbocycles. The van der Waals surface area contributed by atoms with Crippen molar-refractivity contribution in [1.29, 1.82) is 0 Å². The number of ether oxygens (including phenoxy) is 2. The molecule has 0 unspecified atom stereocenters. The normalized spacial score (nSPS) is 13.7. The highest BCUT2D eigenvalue weighted by atomic mass is 19.1. The van der Waals surface area contributed by atoms with Crippen molar-refractivity contribution in [3.63, 3.8) is 0 Å². The predicted molar refractivity (Wildman–Crippen MR) is 158 cm³/mol. The third-order valence-corrected chi connectivity index (χ3v) is 7.79. The highest BCUT2D eigenvalue weighted by Crippen LogP contribution is 2.44. The van der Waals surface area contributed by atoms with Crippen LogP contribution in [-0.2, 0) is 24.0 Å². The van der Waals surface area contributed by atoms with Gasteiger partial charge in [0.15, 0.2) is 5.76 Å². The van der Waals surface area contributed by atoms with Gasteiger partial charge in [0.2, 0.25) is 0 Å². The van der Waals surface area contributed by atoms with Gasteiger partial charge >= 0.3 is 0 Å². The molecule has 8 nitrogen and oxygen atoms in total. The van der Waals surface area contributed by atoms with E-state index in [1.54, 1.807) is 40.3 Å². The number of aromatic amines is 1. The zero-order valence-corrected chi connectivity index (χ0v) is 24.9. The Kier molecular flexibility index (Phi) is 7.01. The Morgan fingerprint density at radius 2 is 1.81 bits per heavy atom. The van der Waals surface area contributed by atoms with E-state index in [1.165, 1.54) is 42.7 Å². The molecule has 0 amide bonds. The molecule has 6 rings (SSSR count). The Balaban J connectivity index is 1.60. The van der Waals surface area contributed by atoms with E-state index in [9.17, 15) is 14.3 Å². The average Bonchev–Trinajstić information content (AvgIpc) is 3.54. The summed E-state index contributed by atoms with van der Waals surface area (Å²) in [5.74, 6) is 0.972. The van der Waals surface area contributed by atoms with Crippen LogP contribution in [0.15, 0.2) is 45.7 Å². The molecular weight excluding hydrogens is 556 g/mol. The Bertz CT molecular complexity index is 1920. The summed E-state index contributed by atoms with van der Waals surface area (Å²) in [5, 5.41) is 11.1. The third-order valence-electron chi connectivity index (χ3n) is 7.79. The van der Waals surface area contributed by atoms with Crippen molar-refractivity contribution in [2.75, 3.05) is 7.11 Å². The quantitative estimate of drug-likeness (QED) is 0.200. The second kappa shape index (κ2) is 10.5. The zero-order chi connectivity index (χ0) is 30.8. The van der Waals surface area contributed by atoms with Crippen molar-refractivity contribution in [3.05, 3.63) is 86.7 Å². The fourth-order valence-electron chi connectivity index (χ4n) is 5.48. The largest absolute Gasteiger partial charge is 0.456 e. The SMILES string of the molecule is COCc1[nH]c(C2CC2)nc1-c1cc2c(=O)n(C)cc(-c3cc(C(C)(C)O)c(F)cc3Oc3c(C)cc(F)cc3C)c2o1. The van der Waals surface area contributed by atoms with Crippen LogP contribution in [0.5, 0.6) is 11.5 Å². The first-order valence-corrected chi connectivity index (χ1v) is 14.1. The summed E-state index contributed by atoms with van der Waals surface area (Å²) in [5.41, 5.74) is 1.61. The van der Waals surface area contributed by atoms with Gasteiger partial charge in [-0.15, -0.1) is 0 Å². The molecule has 1 fully saturated rings. The highest BCUT2D eigenvalue weighted by Gasteiger charge is 2.30. The van der Waals surface area contributed by atoms with Crippen molar-refractivity contribution in [2.24, 2.45) is 7.05 Å². The van der Waals surface area contributed by atoms with Crippen molar-refractivity contribution in [1.82, 2.24) is 14.5 Å². The van der Waals surface area contributed by atoms with Gasteiger partial charge < -0.3 is 28.5 Å². The number of fused-ring (bicyclic) bond motifs is 1. The molecule has 0 aliphatic heterocycles. The maximum Gasteiger partial charge on any atom is 0.261 e. The number of pyridine rings is 1. The number of nitrogens with one attached hydrogen (secondary N) is 1. The van der Waals surface area contributed by atoms with E-state index in [1.807, 2.05) is 0 Å². The second-order valence-corrected chi connectivity index (χ2v) is 11.8. The number of aryl methyl sites for hydroxylation is 3. The first kappa shape index (κ1) is 28.8. The van der Waals surface area contributed by atoms with Crippen molar-refractivity contribution in [2.45, 2.75) is 58.7 Å². The number of furan rings is 1. The number of rotatable bonds is 8. The minimum Gasteiger partial charge on any atom is -0.456 e. The first-order chi connectivity index (χ1) is 20.3. The van der Waals surface area contributed by atoms with Crippen LogP contribution in [0.1, 0.15) is 60.8 Å². The summed E-state index contributed by atoms with van der Waals surface area (Å²) in [4.78, 5) is 21.5. The lowest BCUT2D eigenvalue weighted by Crippen LogP contribution is -2.18. The van der Waals surface area contributed by atoms with Gasteiger partial charge in [0.1, 0.15) is 40.2 Å². The maximum atomic E-state index is 15.5. The number of nitrogens with zero attached hydrogens (tertiary/aromatic N) is 2. The van der Waals surface area contributed by atoms with Crippen molar-refractivity contribution in [3.8, 4) is 34.1 Å². The summed E-state index contributed by atoms with van der Waals surface area (Å²) in [6.07, 6.45) is 3.69. The monoisotopic (exact) mass is 589 g/mol. The maximum absolute atomic E-state index is 15.5. The molecule has 0 saturated heterocycles. The van der Waals surface area contributed by atoms with Crippen LogP contribution in [0.25, 0.3) is 33.6 Å². The summed E-state index contributed by atoms with van der Waals surface area (Å²) >= 11 is 0. The lowest BCUT2D eigenvalue weighted by atomic mass is 9.93. The molecule has 0 spiro atoms. The standard InChI is InChI=1S/C33H33F2N3O5/c1-16-9-19(34)10-17(2)29(16)42-26-13-24(35)23(33(3,4)40)11-20(26)22-14-38(5)32(39)21-12-27(43-30(21)22)28-25(15-41-6)36-31(37-28)18-7-8-18/h9-14,18,40H,7-8,15H2,1-6H3,(H,36,37). The van der Waals surface area contributed by atoms with Crippen LogP contribution >= 0.6 is 0 Å². The molecule has 1 saturated carbocycles. The summed E-state index contributed by atoms with van der Waals surface area (Å²) in [6.45, 7) is 6.65. The van der Waals surface area contributed by atoms with E-state index in [-0.39, 0.29) is 29.1 Å². The summed E-state index contributed by atoms with van der Waals surface area (Å²) in [7, 11) is 3.21. The smallest absolute Gasteiger partial charge is 0.261 e. The number of hydrogen-bond acceptors (Lipinski definition) is 6. The van der Waals surface area contributed by atoms with Crippen LogP contribution in [0, 0.1) is 25.5 Å². The summed E-state index contributed by atoms with van der Waals surface area (Å²) in [6, 6.07) is 7.02.